The number of thiocarbonyl (C=S) groups is 1. The summed E-state index contributed by atoms with van der Waals surface area (Å²) in [4.78, 5) is 2.38. The van der Waals surface area contributed by atoms with E-state index < -0.39 is 11.7 Å². The minimum Gasteiger partial charge on any atom is -0.371 e. The second-order valence-electron chi connectivity index (χ2n) is 6.53. The number of nitrogens with zero attached hydrogens (tertiary/aromatic N) is 1. The maximum atomic E-state index is 12.8. The van der Waals surface area contributed by atoms with Crippen LogP contribution in [0.4, 0.5) is 24.5 Å². The van der Waals surface area contributed by atoms with E-state index in [1.165, 1.54) is 17.3 Å². The Kier molecular flexibility index (Phi) is 6.21. The van der Waals surface area contributed by atoms with Crippen LogP contribution < -0.4 is 15.5 Å². The third-order valence-electron chi connectivity index (χ3n) is 4.54. The van der Waals surface area contributed by atoms with Gasteiger partial charge in [0, 0.05) is 31.0 Å². The van der Waals surface area contributed by atoms with E-state index in [9.17, 15) is 13.2 Å². The molecule has 0 bridgehead atoms. The smallest absolute Gasteiger partial charge is 0.371 e. The van der Waals surface area contributed by atoms with Gasteiger partial charge in [0.1, 0.15) is 0 Å². The molecule has 1 aliphatic heterocycles. The van der Waals surface area contributed by atoms with Crippen molar-refractivity contribution < 1.29 is 13.2 Å². The molecule has 2 aromatic rings. The summed E-state index contributed by atoms with van der Waals surface area (Å²) in [6, 6.07) is 13.5. The van der Waals surface area contributed by atoms with Crippen molar-refractivity contribution in [1.29, 1.82) is 0 Å². The molecule has 7 heteroatoms. The fraction of sp³-hybridized carbons (Fsp3) is 0.350. The number of nitrogens with one attached hydrogen (secondary N) is 2. The van der Waals surface area contributed by atoms with Gasteiger partial charge in [-0.25, -0.2) is 0 Å². The molecule has 0 radical (unpaired) electrons. The third-order valence-corrected chi connectivity index (χ3v) is 4.79. The predicted octanol–water partition coefficient (Wildman–Crippen LogP) is 4.83. The van der Waals surface area contributed by atoms with E-state index in [4.69, 9.17) is 12.2 Å². The molecule has 1 aliphatic rings. The van der Waals surface area contributed by atoms with E-state index in [0.717, 1.165) is 44.5 Å². The molecular weight excluding hydrogens is 371 g/mol. The molecule has 0 saturated heterocycles. The maximum absolute atomic E-state index is 12.8. The highest BCUT2D eigenvalue weighted by Crippen LogP contribution is 2.30. The van der Waals surface area contributed by atoms with E-state index in [-0.39, 0.29) is 0 Å². The number of para-hydroxylation sites is 1. The first kappa shape index (κ1) is 19.5. The van der Waals surface area contributed by atoms with Gasteiger partial charge in [0.15, 0.2) is 5.11 Å². The van der Waals surface area contributed by atoms with Crippen LogP contribution in [0.15, 0.2) is 48.5 Å². The van der Waals surface area contributed by atoms with Crippen LogP contribution in [-0.2, 0) is 12.6 Å². The quantitative estimate of drug-likeness (QED) is 0.562. The highest BCUT2D eigenvalue weighted by molar-refractivity contribution is 7.80. The minimum absolute atomic E-state index is 0.326. The summed E-state index contributed by atoms with van der Waals surface area (Å²) in [5.74, 6) is 0. The second-order valence-corrected chi connectivity index (χ2v) is 6.94. The lowest BCUT2D eigenvalue weighted by Gasteiger charge is -2.31. The van der Waals surface area contributed by atoms with Gasteiger partial charge in [-0.15, -0.1) is 0 Å². The number of benzene rings is 2. The van der Waals surface area contributed by atoms with Crippen molar-refractivity contribution in [3.05, 3.63) is 59.7 Å². The van der Waals surface area contributed by atoms with E-state index in [0.29, 0.717) is 17.3 Å². The first-order valence-corrected chi connectivity index (χ1v) is 9.39. The number of hydrogen-bond acceptors (Lipinski definition) is 2. The van der Waals surface area contributed by atoms with Crippen molar-refractivity contribution in [3.63, 3.8) is 0 Å². The summed E-state index contributed by atoms with van der Waals surface area (Å²) in [6.07, 6.45) is -1.20. The van der Waals surface area contributed by atoms with Gasteiger partial charge in [-0.1, -0.05) is 24.3 Å². The molecule has 3 nitrogen and oxygen atoms in total. The van der Waals surface area contributed by atoms with Gasteiger partial charge >= 0.3 is 6.18 Å². The lowest BCUT2D eigenvalue weighted by molar-refractivity contribution is -0.137. The number of aryl methyl sites for hydroxylation is 1. The van der Waals surface area contributed by atoms with Crippen LogP contribution in [0.3, 0.4) is 0 Å². The van der Waals surface area contributed by atoms with Crippen LogP contribution in [0.1, 0.15) is 24.0 Å². The van der Waals surface area contributed by atoms with E-state index in [2.05, 4.69) is 39.8 Å². The fourth-order valence-electron chi connectivity index (χ4n) is 3.26. The Morgan fingerprint density at radius 2 is 1.93 bits per heavy atom. The summed E-state index contributed by atoms with van der Waals surface area (Å²) < 4.78 is 38.3. The number of halogens is 3. The molecule has 3 rings (SSSR count). The molecule has 0 saturated carbocycles. The largest absolute Gasteiger partial charge is 0.416 e. The maximum Gasteiger partial charge on any atom is 0.416 e. The molecule has 2 N–H and O–H groups in total. The van der Waals surface area contributed by atoms with Gasteiger partial charge in [0.2, 0.25) is 0 Å². The Labute approximate surface area is 162 Å². The Hall–Kier alpha value is -2.28. The van der Waals surface area contributed by atoms with Crippen molar-refractivity contribution in [2.24, 2.45) is 0 Å². The van der Waals surface area contributed by atoms with Crippen LogP contribution in [0.25, 0.3) is 0 Å². The second kappa shape index (κ2) is 8.61. The third kappa shape index (κ3) is 5.35. The SMILES string of the molecule is FC(F)(F)c1cccc(NC(=S)NCCCN2CCCc3ccccc32)c1. The van der Waals surface area contributed by atoms with Crippen LogP contribution in [0, 0.1) is 0 Å². The van der Waals surface area contributed by atoms with Crippen molar-refractivity contribution in [2.75, 3.05) is 29.9 Å². The lowest BCUT2D eigenvalue weighted by Crippen LogP contribution is -2.34. The predicted molar refractivity (Wildman–Crippen MR) is 107 cm³/mol. The molecule has 0 amide bonds. The fourth-order valence-corrected chi connectivity index (χ4v) is 3.48. The highest BCUT2D eigenvalue weighted by Gasteiger charge is 2.30. The van der Waals surface area contributed by atoms with Crippen molar-refractivity contribution >= 4 is 28.7 Å². The lowest BCUT2D eigenvalue weighted by atomic mass is 10.0. The normalized spacial score (nSPS) is 13.8. The average Bonchev–Trinajstić information content (AvgIpc) is 2.65. The van der Waals surface area contributed by atoms with Gasteiger partial charge < -0.3 is 15.5 Å². The molecule has 0 aromatic heterocycles. The number of alkyl halides is 3. The van der Waals surface area contributed by atoms with Crippen molar-refractivity contribution in [3.8, 4) is 0 Å². The zero-order valence-corrected chi connectivity index (χ0v) is 15.7. The van der Waals surface area contributed by atoms with Crippen molar-refractivity contribution in [2.45, 2.75) is 25.4 Å². The number of hydrogen-bond donors (Lipinski definition) is 2. The van der Waals surface area contributed by atoms with Crippen LogP contribution in [-0.4, -0.2) is 24.7 Å². The molecular formula is C20H22F3N3S. The van der Waals surface area contributed by atoms with Gasteiger partial charge in [-0.3, -0.25) is 0 Å². The van der Waals surface area contributed by atoms with E-state index >= 15 is 0 Å². The Morgan fingerprint density at radius 1 is 1.11 bits per heavy atom. The Bertz CT molecular complexity index is 792. The Morgan fingerprint density at radius 3 is 2.74 bits per heavy atom. The summed E-state index contributed by atoms with van der Waals surface area (Å²) >= 11 is 5.19. The van der Waals surface area contributed by atoms with Gasteiger partial charge in [-0.2, -0.15) is 13.2 Å². The van der Waals surface area contributed by atoms with Gasteiger partial charge in [-0.05, 0) is 61.3 Å². The van der Waals surface area contributed by atoms with Crippen LogP contribution in [0.2, 0.25) is 0 Å². The zero-order valence-electron chi connectivity index (χ0n) is 14.9. The van der Waals surface area contributed by atoms with Gasteiger partial charge in [0.25, 0.3) is 0 Å². The minimum atomic E-state index is -4.36. The van der Waals surface area contributed by atoms with Crippen LogP contribution in [0.5, 0.6) is 0 Å². The van der Waals surface area contributed by atoms with Crippen LogP contribution >= 0.6 is 12.2 Å². The Balaban J connectivity index is 1.44. The molecule has 2 aromatic carbocycles. The van der Waals surface area contributed by atoms with Gasteiger partial charge in [0.05, 0.1) is 5.56 Å². The van der Waals surface area contributed by atoms with E-state index in [1.54, 1.807) is 6.07 Å². The summed E-state index contributed by atoms with van der Waals surface area (Å²) in [6.45, 7) is 2.61. The topological polar surface area (TPSA) is 27.3 Å². The standard InChI is InChI=1S/C20H22F3N3S/c21-20(22,23)16-8-3-9-17(14-16)25-19(27)24-11-5-13-26-12-4-7-15-6-1-2-10-18(15)26/h1-3,6,8-10,14H,4-5,7,11-13H2,(H2,24,25,27). The highest BCUT2D eigenvalue weighted by atomic mass is 32.1. The molecule has 27 heavy (non-hydrogen) atoms. The molecule has 0 fully saturated rings. The summed E-state index contributed by atoms with van der Waals surface area (Å²) in [5.41, 5.74) is 2.32. The monoisotopic (exact) mass is 393 g/mol. The molecule has 144 valence electrons. The molecule has 0 atom stereocenters. The van der Waals surface area contributed by atoms with Crippen molar-refractivity contribution in [1.82, 2.24) is 5.32 Å². The summed E-state index contributed by atoms with van der Waals surface area (Å²) in [7, 11) is 0. The molecule has 0 spiro atoms. The first-order valence-electron chi connectivity index (χ1n) is 8.98. The average molecular weight is 393 g/mol. The number of anilines is 2. The number of rotatable bonds is 5. The van der Waals surface area contributed by atoms with E-state index in [1.807, 2.05) is 0 Å². The summed E-state index contributed by atoms with van der Waals surface area (Å²) in [5, 5.41) is 6.21. The molecule has 1 heterocycles. The zero-order chi connectivity index (χ0) is 19.3. The number of fused-ring (bicyclic) bond motifs is 1. The first-order chi connectivity index (χ1) is 12.9. The molecule has 0 aliphatic carbocycles. The molecule has 0 unspecified atom stereocenters.